The smallest absolute Gasteiger partial charge is 0.270 e. The molecule has 1 aromatic carbocycles. The number of aromatic nitrogens is 5. The van der Waals surface area contributed by atoms with Crippen molar-refractivity contribution in [3.05, 3.63) is 77.1 Å². The summed E-state index contributed by atoms with van der Waals surface area (Å²) >= 11 is 0. The first-order valence-electron chi connectivity index (χ1n) is 14.3. The number of halogens is 1. The molecule has 11 heteroatoms. The number of anilines is 1. The third kappa shape index (κ3) is 5.46. The van der Waals surface area contributed by atoms with Crippen LogP contribution in [0.2, 0.25) is 0 Å². The molecule has 0 bridgehead atoms. The Labute approximate surface area is 242 Å². The zero-order valence-corrected chi connectivity index (χ0v) is 23.7. The van der Waals surface area contributed by atoms with E-state index in [4.69, 9.17) is 5.73 Å². The number of fused-ring (bicyclic) bond motifs is 1. The summed E-state index contributed by atoms with van der Waals surface area (Å²) in [6.07, 6.45) is 6.83. The van der Waals surface area contributed by atoms with Crippen LogP contribution in [0.25, 0.3) is 22.6 Å². The van der Waals surface area contributed by atoms with Crippen molar-refractivity contribution in [3.63, 3.8) is 0 Å². The maximum atomic E-state index is 15.2. The fraction of sp³-hybridized carbons (Fsp3) is 0.355. The highest BCUT2D eigenvalue weighted by atomic mass is 19.1. The van der Waals surface area contributed by atoms with Crippen molar-refractivity contribution < 1.29 is 14.0 Å². The van der Waals surface area contributed by atoms with Crippen LogP contribution >= 0.6 is 0 Å². The molecule has 3 N–H and O–H groups in total. The number of benzene rings is 1. The molecule has 42 heavy (non-hydrogen) atoms. The molecule has 2 aliphatic rings. The maximum absolute atomic E-state index is 15.2. The Morgan fingerprint density at radius 1 is 1.17 bits per heavy atom. The number of hydrogen-bond acceptors (Lipinski definition) is 7. The first-order valence-corrected chi connectivity index (χ1v) is 14.3. The Bertz CT molecular complexity index is 1710. The van der Waals surface area contributed by atoms with Crippen LogP contribution in [0.15, 0.2) is 48.7 Å². The highest BCUT2D eigenvalue weighted by Crippen LogP contribution is 2.40. The number of nitrogens with zero attached hydrogens (tertiary/aromatic N) is 6. The Balaban J connectivity index is 1.22. The lowest BCUT2D eigenvalue weighted by molar-refractivity contribution is -0.121. The topological polar surface area (TPSA) is 131 Å². The van der Waals surface area contributed by atoms with Gasteiger partial charge in [-0.15, -0.1) is 0 Å². The van der Waals surface area contributed by atoms with E-state index >= 15 is 4.39 Å². The van der Waals surface area contributed by atoms with Gasteiger partial charge < -0.3 is 16.0 Å². The fourth-order valence-electron chi connectivity index (χ4n) is 5.46. The van der Waals surface area contributed by atoms with E-state index in [0.717, 1.165) is 18.5 Å². The number of primary amides is 1. The van der Waals surface area contributed by atoms with E-state index in [1.807, 2.05) is 19.1 Å². The molecule has 216 valence electrons. The lowest BCUT2D eigenvalue weighted by Gasteiger charge is -2.16. The van der Waals surface area contributed by atoms with Crippen molar-refractivity contribution in [2.45, 2.75) is 45.4 Å². The van der Waals surface area contributed by atoms with Gasteiger partial charge in [0.15, 0.2) is 5.65 Å². The van der Waals surface area contributed by atoms with Gasteiger partial charge in [-0.2, -0.15) is 14.5 Å². The van der Waals surface area contributed by atoms with E-state index in [2.05, 4.69) is 50.5 Å². The van der Waals surface area contributed by atoms with Gasteiger partial charge in [0.2, 0.25) is 11.9 Å². The molecule has 10 nitrogen and oxygen atoms in total. The molecule has 2 fully saturated rings. The van der Waals surface area contributed by atoms with Gasteiger partial charge in [-0.3, -0.25) is 9.59 Å². The van der Waals surface area contributed by atoms with E-state index in [0.29, 0.717) is 49.6 Å². The van der Waals surface area contributed by atoms with Crippen molar-refractivity contribution in [3.8, 4) is 11.4 Å². The molecule has 0 unspecified atom stereocenters. The van der Waals surface area contributed by atoms with E-state index < -0.39 is 5.95 Å². The monoisotopic (exact) mass is 568 g/mol. The van der Waals surface area contributed by atoms with Crippen molar-refractivity contribution in [2.24, 2.45) is 11.7 Å². The SMILES string of the molecule is C/C=C(/C)c1ccccc1CCNC(=O)c1cc(C2CC2)n2nc(-c3ncc(N4CC[C@H](C(N)=O)C4)nc3F)cc2n1. The van der Waals surface area contributed by atoms with Gasteiger partial charge in [0.25, 0.3) is 5.91 Å². The Morgan fingerprint density at radius 3 is 2.69 bits per heavy atom. The van der Waals surface area contributed by atoms with E-state index in [-0.39, 0.29) is 35.0 Å². The first-order chi connectivity index (χ1) is 20.3. The van der Waals surface area contributed by atoms with Gasteiger partial charge in [-0.1, -0.05) is 30.3 Å². The van der Waals surface area contributed by atoms with Crippen molar-refractivity contribution in [1.82, 2.24) is 29.9 Å². The zero-order chi connectivity index (χ0) is 29.4. The molecule has 1 saturated heterocycles. The number of hydrogen-bond donors (Lipinski definition) is 2. The number of nitrogens with one attached hydrogen (secondary N) is 1. The standard InChI is InChI=1S/C31H33FN8O2/c1-3-18(2)22-7-5-4-6-19(22)10-12-34-31(42)24-14-25(20-8-9-20)40-26(36-24)15-23(38-40)28-29(32)37-27(16-35-28)39-13-11-21(17-39)30(33)41/h3-7,14-16,20-21H,8-13,17H2,1-2H3,(H2,33,41)(H,34,42)/b18-3-/t21-/m0/s1. The lowest BCUT2D eigenvalue weighted by atomic mass is 9.98. The van der Waals surface area contributed by atoms with Gasteiger partial charge in [-0.05, 0) is 62.3 Å². The third-order valence-corrected chi connectivity index (χ3v) is 8.11. The average molecular weight is 569 g/mol. The second kappa shape index (κ2) is 11.3. The molecule has 6 rings (SSSR count). The summed E-state index contributed by atoms with van der Waals surface area (Å²) in [5.74, 6) is -1.08. The number of nitrogens with two attached hydrogens (primary N) is 1. The highest BCUT2D eigenvalue weighted by Gasteiger charge is 2.30. The van der Waals surface area contributed by atoms with Crippen LogP contribution in [-0.2, 0) is 11.2 Å². The molecule has 0 spiro atoms. The fourth-order valence-corrected chi connectivity index (χ4v) is 5.46. The molecule has 0 radical (unpaired) electrons. The molecule has 4 heterocycles. The van der Waals surface area contributed by atoms with Crippen molar-refractivity contribution in [1.29, 1.82) is 0 Å². The molecule has 1 atom stereocenters. The predicted octanol–water partition coefficient (Wildman–Crippen LogP) is 3.91. The van der Waals surface area contributed by atoms with Crippen molar-refractivity contribution >= 4 is 28.9 Å². The number of rotatable bonds is 9. The van der Waals surface area contributed by atoms with Crippen molar-refractivity contribution in [2.75, 3.05) is 24.5 Å². The molecule has 1 aliphatic heterocycles. The number of carbonyl (C=O) groups excluding carboxylic acids is 2. The van der Waals surface area contributed by atoms with Gasteiger partial charge in [0, 0.05) is 37.3 Å². The Morgan fingerprint density at radius 2 is 1.98 bits per heavy atom. The lowest BCUT2D eigenvalue weighted by Crippen LogP contribution is -2.27. The van der Waals surface area contributed by atoms with E-state index in [9.17, 15) is 9.59 Å². The van der Waals surface area contributed by atoms with E-state index in [1.54, 1.807) is 21.5 Å². The average Bonchev–Trinajstić information content (AvgIpc) is 3.54. The van der Waals surface area contributed by atoms with Gasteiger partial charge in [0.1, 0.15) is 22.9 Å². The van der Waals surface area contributed by atoms with Crippen LogP contribution in [-0.4, -0.2) is 56.0 Å². The van der Waals surface area contributed by atoms with Crippen LogP contribution in [0.4, 0.5) is 10.2 Å². The molecule has 4 aromatic rings. The van der Waals surface area contributed by atoms with Gasteiger partial charge >= 0.3 is 0 Å². The number of amides is 2. The van der Waals surface area contributed by atoms with E-state index in [1.165, 1.54) is 22.9 Å². The second-order valence-electron chi connectivity index (χ2n) is 11.0. The van der Waals surface area contributed by atoms with Crippen LogP contribution in [0.5, 0.6) is 0 Å². The first kappa shape index (κ1) is 27.5. The summed E-state index contributed by atoms with van der Waals surface area (Å²) in [5, 5.41) is 7.61. The molecular weight excluding hydrogens is 535 g/mol. The highest BCUT2D eigenvalue weighted by molar-refractivity contribution is 5.93. The molecule has 1 saturated carbocycles. The minimum absolute atomic E-state index is 0.00210. The summed E-state index contributed by atoms with van der Waals surface area (Å²) in [6.45, 7) is 5.50. The summed E-state index contributed by atoms with van der Waals surface area (Å²) in [4.78, 5) is 39.5. The number of carbonyl (C=O) groups is 2. The summed E-state index contributed by atoms with van der Waals surface area (Å²) in [6, 6.07) is 11.6. The quantitative estimate of drug-likeness (QED) is 0.313. The summed E-state index contributed by atoms with van der Waals surface area (Å²) in [5.41, 5.74) is 10.9. The van der Waals surface area contributed by atoms with Crippen LogP contribution in [0.1, 0.15) is 66.3 Å². The van der Waals surface area contributed by atoms with Crippen LogP contribution in [0, 0.1) is 11.9 Å². The third-order valence-electron chi connectivity index (χ3n) is 8.11. The normalized spacial score (nSPS) is 17.2. The molecule has 3 aromatic heterocycles. The second-order valence-corrected chi connectivity index (χ2v) is 11.0. The van der Waals surface area contributed by atoms with Crippen LogP contribution in [0.3, 0.4) is 0 Å². The van der Waals surface area contributed by atoms with Crippen LogP contribution < -0.4 is 16.0 Å². The zero-order valence-electron chi connectivity index (χ0n) is 23.7. The molecular formula is C31H33FN8O2. The maximum Gasteiger partial charge on any atom is 0.270 e. The molecule has 1 aliphatic carbocycles. The summed E-state index contributed by atoms with van der Waals surface area (Å²) < 4.78 is 16.9. The summed E-state index contributed by atoms with van der Waals surface area (Å²) in [7, 11) is 0. The number of allylic oxidation sites excluding steroid dienone is 2. The largest absolute Gasteiger partial charge is 0.369 e. The Kier molecular flexibility index (Phi) is 7.40. The van der Waals surface area contributed by atoms with Gasteiger partial charge in [-0.25, -0.2) is 14.5 Å². The predicted molar refractivity (Wildman–Crippen MR) is 157 cm³/mol. The Hall–Kier alpha value is -4.67. The molecule has 2 amide bonds. The minimum atomic E-state index is -0.766. The minimum Gasteiger partial charge on any atom is -0.369 e. The van der Waals surface area contributed by atoms with Gasteiger partial charge in [0.05, 0.1) is 12.1 Å².